The number of likely N-dealkylation sites (N-methyl/N-ethyl adjacent to an activating group) is 1. The molecule has 2 aliphatic rings. The molecule has 0 bridgehead atoms. The molecule has 1 atom stereocenters. The van der Waals surface area contributed by atoms with Crippen molar-refractivity contribution in [3.63, 3.8) is 0 Å². The van der Waals surface area contributed by atoms with Gasteiger partial charge in [0.25, 0.3) is 0 Å². The largest absolute Gasteiger partial charge is 0.324 e. The fourth-order valence-corrected chi connectivity index (χ4v) is 5.47. The zero-order chi connectivity index (χ0) is 26.1. The van der Waals surface area contributed by atoms with E-state index in [0.717, 1.165) is 72.8 Å². The number of hydrogen-bond donors (Lipinski definition) is 1. The molecule has 3 aromatic carbocycles. The Labute approximate surface area is 222 Å². The quantitative estimate of drug-likeness (QED) is 0.363. The van der Waals surface area contributed by atoms with Crippen molar-refractivity contribution in [1.82, 2.24) is 19.8 Å². The second-order valence-corrected chi connectivity index (χ2v) is 10.3. The van der Waals surface area contributed by atoms with E-state index in [1.54, 1.807) is 6.07 Å². The molecule has 7 heteroatoms. The molecule has 2 heterocycles. The summed E-state index contributed by atoms with van der Waals surface area (Å²) in [4.78, 5) is 14.4. The van der Waals surface area contributed by atoms with Crippen molar-refractivity contribution in [2.24, 2.45) is 0 Å². The molecule has 38 heavy (non-hydrogen) atoms. The SMILES string of the molecule is CN1CCN(CCc2ccc(Nc3ncc4c(n3)-c3ccccc3[C@H](c3ccc(F)c(F)c3)C4)cc2)CC1. The molecule has 4 aromatic rings. The Morgan fingerprint density at radius 3 is 2.50 bits per heavy atom. The van der Waals surface area contributed by atoms with Gasteiger partial charge in [-0.1, -0.05) is 42.5 Å². The van der Waals surface area contributed by atoms with Crippen molar-refractivity contribution in [3.8, 4) is 11.3 Å². The second-order valence-electron chi connectivity index (χ2n) is 10.3. The lowest BCUT2D eigenvalue weighted by molar-refractivity contribution is 0.155. The summed E-state index contributed by atoms with van der Waals surface area (Å²) in [6.07, 6.45) is 3.51. The molecule has 0 spiro atoms. The van der Waals surface area contributed by atoms with Gasteiger partial charge in [0.2, 0.25) is 5.95 Å². The Kier molecular flexibility index (Phi) is 6.87. The van der Waals surface area contributed by atoms with Crippen molar-refractivity contribution < 1.29 is 8.78 Å². The van der Waals surface area contributed by atoms with E-state index < -0.39 is 11.6 Å². The van der Waals surface area contributed by atoms with E-state index in [9.17, 15) is 8.78 Å². The molecule has 194 valence electrons. The van der Waals surface area contributed by atoms with E-state index in [4.69, 9.17) is 4.98 Å². The maximum absolute atomic E-state index is 14.0. The standard InChI is InChI=1S/C31H31F2N5/c1-37-14-16-38(17-15-37)13-12-21-6-9-24(10-7-21)35-31-34-20-23-18-27(22-8-11-28(32)29(33)19-22)25-4-2-3-5-26(25)30(23)36-31/h2-11,19-20,27H,12-18H2,1H3,(H,34,35,36)/t27-/m0/s1. The van der Waals surface area contributed by atoms with Crippen LogP contribution in [0, 0.1) is 11.6 Å². The summed E-state index contributed by atoms with van der Waals surface area (Å²) in [6, 6.07) is 20.7. The molecule has 6 rings (SSSR count). The first-order chi connectivity index (χ1) is 18.5. The van der Waals surface area contributed by atoms with E-state index in [-0.39, 0.29) is 5.92 Å². The predicted molar refractivity (Wildman–Crippen MR) is 147 cm³/mol. The minimum Gasteiger partial charge on any atom is -0.324 e. The second kappa shape index (κ2) is 10.6. The Morgan fingerprint density at radius 1 is 0.921 bits per heavy atom. The van der Waals surface area contributed by atoms with Crippen molar-refractivity contribution in [1.29, 1.82) is 0 Å². The zero-order valence-electron chi connectivity index (χ0n) is 21.5. The van der Waals surface area contributed by atoms with Crippen LogP contribution >= 0.6 is 0 Å². The fourth-order valence-electron chi connectivity index (χ4n) is 5.47. The van der Waals surface area contributed by atoms with Gasteiger partial charge in [-0.2, -0.15) is 0 Å². The van der Waals surface area contributed by atoms with Crippen LogP contribution in [0.3, 0.4) is 0 Å². The maximum atomic E-state index is 14.0. The molecular weight excluding hydrogens is 480 g/mol. The average Bonchev–Trinajstić information content (AvgIpc) is 2.95. The van der Waals surface area contributed by atoms with Crippen LogP contribution in [-0.4, -0.2) is 59.5 Å². The minimum absolute atomic E-state index is 0.0883. The van der Waals surface area contributed by atoms with Crippen LogP contribution in [0.4, 0.5) is 20.4 Å². The maximum Gasteiger partial charge on any atom is 0.227 e. The highest BCUT2D eigenvalue weighted by Crippen LogP contribution is 2.42. The highest BCUT2D eigenvalue weighted by molar-refractivity contribution is 5.73. The Balaban J connectivity index is 1.17. The number of halogens is 2. The molecule has 1 fully saturated rings. The summed E-state index contributed by atoms with van der Waals surface area (Å²) in [5, 5.41) is 3.35. The first-order valence-electron chi connectivity index (χ1n) is 13.2. The van der Waals surface area contributed by atoms with Crippen LogP contribution in [-0.2, 0) is 12.8 Å². The summed E-state index contributed by atoms with van der Waals surface area (Å²) in [5.41, 5.74) is 6.92. The molecule has 0 radical (unpaired) electrons. The highest BCUT2D eigenvalue weighted by atomic mass is 19.2. The van der Waals surface area contributed by atoms with Crippen LogP contribution in [0.5, 0.6) is 0 Å². The Morgan fingerprint density at radius 2 is 1.71 bits per heavy atom. The summed E-state index contributed by atoms with van der Waals surface area (Å²) in [6.45, 7) is 5.63. The summed E-state index contributed by atoms with van der Waals surface area (Å²) < 4.78 is 27.6. The van der Waals surface area contributed by atoms with Gasteiger partial charge < -0.3 is 15.1 Å². The van der Waals surface area contributed by atoms with Gasteiger partial charge in [-0.3, -0.25) is 0 Å². The molecule has 1 aliphatic heterocycles. The topological polar surface area (TPSA) is 44.3 Å². The third-order valence-corrected chi connectivity index (χ3v) is 7.75. The van der Waals surface area contributed by atoms with E-state index in [0.29, 0.717) is 12.4 Å². The molecule has 1 N–H and O–H groups in total. The third kappa shape index (κ3) is 5.17. The lowest BCUT2D eigenvalue weighted by atomic mass is 9.78. The van der Waals surface area contributed by atoms with Crippen LogP contribution in [0.1, 0.15) is 28.2 Å². The number of benzene rings is 3. The number of nitrogens with one attached hydrogen (secondary N) is 1. The summed E-state index contributed by atoms with van der Waals surface area (Å²) in [5.74, 6) is -1.21. The first kappa shape index (κ1) is 24.6. The molecule has 1 aromatic heterocycles. The van der Waals surface area contributed by atoms with Gasteiger partial charge in [0, 0.05) is 56.1 Å². The van der Waals surface area contributed by atoms with Crippen LogP contribution in [0.15, 0.2) is 72.9 Å². The van der Waals surface area contributed by atoms with Crippen LogP contribution < -0.4 is 5.32 Å². The number of rotatable bonds is 6. The van der Waals surface area contributed by atoms with Crippen LogP contribution in [0.2, 0.25) is 0 Å². The van der Waals surface area contributed by atoms with Gasteiger partial charge in [-0.05, 0) is 66.4 Å². The first-order valence-corrected chi connectivity index (χ1v) is 13.2. The van der Waals surface area contributed by atoms with E-state index in [2.05, 4.69) is 51.4 Å². The van der Waals surface area contributed by atoms with Gasteiger partial charge in [0.1, 0.15) is 0 Å². The number of piperazine rings is 1. The molecule has 5 nitrogen and oxygen atoms in total. The van der Waals surface area contributed by atoms with Gasteiger partial charge in [0.15, 0.2) is 11.6 Å². The third-order valence-electron chi connectivity index (χ3n) is 7.75. The van der Waals surface area contributed by atoms with Crippen molar-refractivity contribution in [2.45, 2.75) is 18.8 Å². The number of nitrogens with zero attached hydrogens (tertiary/aromatic N) is 4. The van der Waals surface area contributed by atoms with E-state index in [1.807, 2.05) is 30.5 Å². The van der Waals surface area contributed by atoms with Gasteiger partial charge in [0.05, 0.1) is 5.69 Å². The number of hydrogen-bond acceptors (Lipinski definition) is 5. The molecule has 1 aliphatic carbocycles. The van der Waals surface area contributed by atoms with Crippen molar-refractivity contribution >= 4 is 11.6 Å². The minimum atomic E-state index is -0.833. The zero-order valence-corrected chi connectivity index (χ0v) is 21.5. The summed E-state index contributed by atoms with van der Waals surface area (Å²) >= 11 is 0. The van der Waals surface area contributed by atoms with Crippen molar-refractivity contribution in [3.05, 3.63) is 107 Å². The Bertz CT molecular complexity index is 1430. The highest BCUT2D eigenvalue weighted by Gasteiger charge is 2.28. The lowest BCUT2D eigenvalue weighted by Gasteiger charge is -2.32. The van der Waals surface area contributed by atoms with Gasteiger partial charge >= 0.3 is 0 Å². The molecule has 0 unspecified atom stereocenters. The predicted octanol–water partition coefficient (Wildman–Crippen LogP) is 5.64. The lowest BCUT2D eigenvalue weighted by Crippen LogP contribution is -2.45. The van der Waals surface area contributed by atoms with Gasteiger partial charge in [-0.15, -0.1) is 0 Å². The summed E-state index contributed by atoms with van der Waals surface area (Å²) in [7, 11) is 2.18. The smallest absolute Gasteiger partial charge is 0.227 e. The number of fused-ring (bicyclic) bond motifs is 3. The molecule has 0 saturated carbocycles. The Hall–Kier alpha value is -3.68. The molecular formula is C31H31F2N5. The molecule has 0 amide bonds. The average molecular weight is 512 g/mol. The monoisotopic (exact) mass is 511 g/mol. The van der Waals surface area contributed by atoms with Crippen molar-refractivity contribution in [2.75, 3.05) is 45.1 Å². The molecule has 1 saturated heterocycles. The number of anilines is 2. The number of aromatic nitrogens is 2. The van der Waals surface area contributed by atoms with Crippen LogP contribution in [0.25, 0.3) is 11.3 Å². The normalized spacial score (nSPS) is 17.6. The van der Waals surface area contributed by atoms with E-state index in [1.165, 1.54) is 17.7 Å². The van der Waals surface area contributed by atoms with Gasteiger partial charge in [-0.25, -0.2) is 18.7 Å². The van der Waals surface area contributed by atoms with E-state index >= 15 is 0 Å². The fraction of sp³-hybridized carbons (Fsp3) is 0.290.